The topological polar surface area (TPSA) is 35.9 Å². The molecule has 0 aliphatic carbocycles. The van der Waals surface area contributed by atoms with Gasteiger partial charge in [0.2, 0.25) is 0 Å². The van der Waals surface area contributed by atoms with Gasteiger partial charge in [-0.15, -0.1) is 0 Å². The maximum Gasteiger partial charge on any atom is 0.269 e. The number of fused-ring (bicyclic) bond motifs is 1. The van der Waals surface area contributed by atoms with E-state index in [9.17, 15) is 4.79 Å². The van der Waals surface area contributed by atoms with Gasteiger partial charge in [-0.3, -0.25) is 9.69 Å². The molecule has 0 spiro atoms. The standard InChI is InChI=1S/C26H21Cl2N3OS2/c1-2-30-21-16-19(28)11-12-22(21)33-25(30)23-24(32)31(14-13-17-7-4-3-5-8-17)26(34-23)29-20-10-6-9-18(27)15-20/h3-12,15-16H,2,13-14H2,1H3/b25-23-,29-26?. The minimum atomic E-state index is -0.0263. The van der Waals surface area contributed by atoms with E-state index in [0.717, 1.165) is 34.3 Å². The predicted octanol–water partition coefficient (Wildman–Crippen LogP) is 7.60. The third-order valence-electron chi connectivity index (χ3n) is 5.54. The van der Waals surface area contributed by atoms with Gasteiger partial charge in [0.15, 0.2) is 5.17 Å². The molecule has 0 saturated carbocycles. The number of hydrogen-bond acceptors (Lipinski definition) is 5. The fourth-order valence-corrected chi connectivity index (χ4v) is 6.65. The number of nitrogens with zero attached hydrogens (tertiary/aromatic N) is 3. The van der Waals surface area contributed by atoms with Crippen molar-refractivity contribution in [2.24, 2.45) is 4.99 Å². The first-order chi connectivity index (χ1) is 16.5. The third kappa shape index (κ3) is 4.73. The molecule has 34 heavy (non-hydrogen) atoms. The SMILES string of the molecule is CCN1/C(=C2/SC(=Nc3cccc(Cl)c3)N(CCc3ccccc3)C2=O)Sc2ccc(Cl)cc21. The summed E-state index contributed by atoms with van der Waals surface area (Å²) in [6.45, 7) is 3.36. The van der Waals surface area contributed by atoms with Crippen LogP contribution >= 0.6 is 46.7 Å². The molecule has 1 saturated heterocycles. The van der Waals surface area contributed by atoms with Gasteiger partial charge in [0.1, 0.15) is 9.93 Å². The van der Waals surface area contributed by atoms with Crippen molar-refractivity contribution in [1.82, 2.24) is 4.90 Å². The molecule has 172 valence electrons. The molecule has 0 N–H and O–H groups in total. The monoisotopic (exact) mass is 525 g/mol. The third-order valence-corrected chi connectivity index (χ3v) is 8.39. The molecule has 0 atom stereocenters. The summed E-state index contributed by atoms with van der Waals surface area (Å²) in [7, 11) is 0. The highest BCUT2D eigenvalue weighted by Gasteiger charge is 2.39. The Morgan fingerprint density at radius 2 is 1.68 bits per heavy atom. The molecule has 0 unspecified atom stereocenters. The van der Waals surface area contributed by atoms with E-state index in [1.165, 1.54) is 17.3 Å². The molecule has 8 heteroatoms. The van der Waals surface area contributed by atoms with E-state index < -0.39 is 0 Å². The lowest BCUT2D eigenvalue weighted by atomic mass is 10.1. The van der Waals surface area contributed by atoms with Crippen LogP contribution in [-0.2, 0) is 11.2 Å². The zero-order valence-corrected chi connectivity index (χ0v) is 21.5. The molecule has 1 amide bonds. The van der Waals surface area contributed by atoms with Crippen molar-refractivity contribution >= 4 is 69.2 Å². The highest BCUT2D eigenvalue weighted by molar-refractivity contribution is 8.19. The van der Waals surface area contributed by atoms with Gasteiger partial charge in [-0.2, -0.15) is 0 Å². The highest BCUT2D eigenvalue weighted by atomic mass is 35.5. The van der Waals surface area contributed by atoms with Crippen molar-refractivity contribution in [1.29, 1.82) is 0 Å². The van der Waals surface area contributed by atoms with Crippen molar-refractivity contribution in [2.75, 3.05) is 18.0 Å². The van der Waals surface area contributed by atoms with Crippen molar-refractivity contribution < 1.29 is 4.79 Å². The lowest BCUT2D eigenvalue weighted by Crippen LogP contribution is -2.32. The summed E-state index contributed by atoms with van der Waals surface area (Å²) in [4.78, 5) is 24.3. The summed E-state index contributed by atoms with van der Waals surface area (Å²) in [6.07, 6.45) is 0.741. The van der Waals surface area contributed by atoms with Crippen LogP contribution in [0.25, 0.3) is 0 Å². The van der Waals surface area contributed by atoms with E-state index in [-0.39, 0.29) is 5.91 Å². The van der Waals surface area contributed by atoms with Gasteiger partial charge in [0.25, 0.3) is 5.91 Å². The van der Waals surface area contributed by atoms with E-state index in [1.807, 2.05) is 54.6 Å². The fraction of sp³-hybridized carbons (Fsp3) is 0.154. The maximum atomic E-state index is 13.7. The maximum absolute atomic E-state index is 13.7. The van der Waals surface area contributed by atoms with Crippen LogP contribution in [0.5, 0.6) is 0 Å². The first kappa shape index (κ1) is 23.4. The molecule has 2 heterocycles. The molecule has 1 fully saturated rings. The van der Waals surface area contributed by atoms with Crippen molar-refractivity contribution in [3.05, 3.63) is 98.3 Å². The van der Waals surface area contributed by atoms with Gasteiger partial charge < -0.3 is 4.90 Å². The molecule has 0 radical (unpaired) electrons. The average molecular weight is 527 g/mol. The van der Waals surface area contributed by atoms with Crippen LogP contribution < -0.4 is 4.90 Å². The number of benzene rings is 3. The molecule has 5 rings (SSSR count). The average Bonchev–Trinajstić information content (AvgIpc) is 3.34. The summed E-state index contributed by atoms with van der Waals surface area (Å²) in [5, 5.41) is 2.88. The number of amides is 1. The minimum Gasteiger partial charge on any atom is -0.334 e. The lowest BCUT2D eigenvalue weighted by molar-refractivity contribution is -0.122. The summed E-state index contributed by atoms with van der Waals surface area (Å²) in [6, 6.07) is 23.4. The number of rotatable bonds is 5. The fourth-order valence-electron chi connectivity index (χ4n) is 3.90. The van der Waals surface area contributed by atoms with Crippen molar-refractivity contribution in [2.45, 2.75) is 18.2 Å². The number of halogens is 2. The Hall–Kier alpha value is -2.38. The molecule has 2 aliphatic rings. The van der Waals surface area contributed by atoms with E-state index in [1.54, 1.807) is 22.7 Å². The summed E-state index contributed by atoms with van der Waals surface area (Å²) >= 11 is 15.5. The Morgan fingerprint density at radius 3 is 2.44 bits per heavy atom. The van der Waals surface area contributed by atoms with Gasteiger partial charge in [0, 0.05) is 28.0 Å². The van der Waals surface area contributed by atoms with Crippen molar-refractivity contribution in [3.8, 4) is 0 Å². The Balaban J connectivity index is 1.52. The predicted molar refractivity (Wildman–Crippen MR) is 145 cm³/mol. The van der Waals surface area contributed by atoms with Gasteiger partial charge in [-0.25, -0.2) is 4.99 Å². The van der Waals surface area contributed by atoms with E-state index in [0.29, 0.717) is 26.7 Å². The Labute approximate surface area is 217 Å². The smallest absolute Gasteiger partial charge is 0.269 e. The second-order valence-electron chi connectivity index (χ2n) is 7.76. The molecule has 3 aromatic rings. The number of hydrogen-bond donors (Lipinski definition) is 0. The van der Waals surface area contributed by atoms with Crippen LogP contribution in [0.15, 0.2) is 92.6 Å². The van der Waals surface area contributed by atoms with Crippen molar-refractivity contribution in [3.63, 3.8) is 0 Å². The summed E-state index contributed by atoms with van der Waals surface area (Å²) < 4.78 is 0. The van der Waals surface area contributed by atoms with E-state index in [4.69, 9.17) is 28.2 Å². The minimum absolute atomic E-state index is 0.0263. The molecule has 2 aliphatic heterocycles. The van der Waals surface area contributed by atoms with Crippen LogP contribution in [0, 0.1) is 0 Å². The zero-order chi connectivity index (χ0) is 23.7. The molecule has 0 aromatic heterocycles. The second kappa shape index (κ2) is 10.1. The number of anilines is 1. The van der Waals surface area contributed by atoms with Crippen LogP contribution in [0.3, 0.4) is 0 Å². The number of carbonyl (C=O) groups is 1. The molecular formula is C26H21Cl2N3OS2. The lowest BCUT2D eigenvalue weighted by Gasteiger charge is -2.19. The Bertz CT molecular complexity index is 1310. The van der Waals surface area contributed by atoms with Gasteiger partial charge >= 0.3 is 0 Å². The van der Waals surface area contributed by atoms with E-state index >= 15 is 0 Å². The van der Waals surface area contributed by atoms with Crippen LogP contribution in [0.2, 0.25) is 10.0 Å². The van der Waals surface area contributed by atoms with Crippen LogP contribution in [0.4, 0.5) is 11.4 Å². The normalized spacial score (nSPS) is 18.8. The zero-order valence-electron chi connectivity index (χ0n) is 18.4. The molecule has 0 bridgehead atoms. The number of aliphatic imine (C=N–C) groups is 1. The highest BCUT2D eigenvalue weighted by Crippen LogP contribution is 2.51. The van der Waals surface area contributed by atoms with Gasteiger partial charge in [-0.05, 0) is 67.1 Å². The first-order valence-corrected chi connectivity index (χ1v) is 13.3. The largest absolute Gasteiger partial charge is 0.334 e. The second-order valence-corrected chi connectivity index (χ2v) is 10.6. The number of thioether (sulfide) groups is 2. The van der Waals surface area contributed by atoms with Gasteiger partial charge in [-0.1, -0.05) is 71.4 Å². The quantitative estimate of drug-likeness (QED) is 0.321. The Kier molecular flexibility index (Phi) is 6.93. The number of carbonyl (C=O) groups excluding carboxylic acids is 1. The first-order valence-electron chi connectivity index (χ1n) is 10.9. The van der Waals surface area contributed by atoms with E-state index in [2.05, 4.69) is 24.0 Å². The van der Waals surface area contributed by atoms with Gasteiger partial charge in [0.05, 0.1) is 11.4 Å². The van der Waals surface area contributed by atoms with Crippen LogP contribution in [0.1, 0.15) is 12.5 Å². The number of amidine groups is 1. The molecule has 4 nitrogen and oxygen atoms in total. The summed E-state index contributed by atoms with van der Waals surface area (Å²) in [5.74, 6) is -0.0263. The summed E-state index contributed by atoms with van der Waals surface area (Å²) in [5.41, 5.74) is 2.93. The Morgan fingerprint density at radius 1 is 0.882 bits per heavy atom. The van der Waals surface area contributed by atoms with Crippen LogP contribution in [-0.4, -0.2) is 29.1 Å². The molecule has 3 aromatic carbocycles. The molecular weight excluding hydrogens is 505 g/mol.